The fourth-order valence-electron chi connectivity index (χ4n) is 4.75. The summed E-state index contributed by atoms with van der Waals surface area (Å²) >= 11 is 0. The standard InChI is InChI=1S/C25H30N4O2/c1-14-7-9-18(10-8-14)29-21-12-25(5,6)11-20(19(21)13-26-29)28-24(31)22-15(2)23(17(4)30)27-16(22)3/h7-10,13,20,27H,11-12H2,1-6H3,(H,28,31). The third-order valence-electron chi connectivity index (χ3n) is 6.28. The number of benzene rings is 1. The number of hydrogen-bond donors (Lipinski definition) is 2. The SMILES string of the molecule is CC(=O)c1[nH]c(C)c(C(=O)NC2CC(C)(C)Cc3c2cnn3-c2ccc(C)cc2)c1C. The minimum Gasteiger partial charge on any atom is -0.355 e. The summed E-state index contributed by atoms with van der Waals surface area (Å²) in [4.78, 5) is 28.2. The van der Waals surface area contributed by atoms with Crippen molar-refractivity contribution in [1.82, 2.24) is 20.1 Å². The fraction of sp³-hybridized carbons (Fsp3) is 0.400. The van der Waals surface area contributed by atoms with Crippen LogP contribution in [0.25, 0.3) is 5.69 Å². The van der Waals surface area contributed by atoms with Crippen LogP contribution in [-0.4, -0.2) is 26.5 Å². The first-order valence-corrected chi connectivity index (χ1v) is 10.7. The monoisotopic (exact) mass is 418 g/mol. The maximum absolute atomic E-state index is 13.3. The lowest BCUT2D eigenvalue weighted by atomic mass is 9.74. The van der Waals surface area contributed by atoms with Crippen molar-refractivity contribution in [3.8, 4) is 5.69 Å². The number of nitrogens with zero attached hydrogens (tertiary/aromatic N) is 2. The summed E-state index contributed by atoms with van der Waals surface area (Å²) in [5.74, 6) is -0.226. The van der Waals surface area contributed by atoms with E-state index >= 15 is 0 Å². The van der Waals surface area contributed by atoms with Crippen molar-refractivity contribution >= 4 is 11.7 Å². The number of carbonyl (C=O) groups is 2. The first-order valence-electron chi connectivity index (χ1n) is 10.7. The molecule has 6 heteroatoms. The van der Waals surface area contributed by atoms with Crippen LogP contribution < -0.4 is 5.32 Å². The van der Waals surface area contributed by atoms with Crippen LogP contribution in [0.5, 0.6) is 0 Å². The van der Waals surface area contributed by atoms with Gasteiger partial charge in [0.15, 0.2) is 5.78 Å². The normalized spacial score (nSPS) is 17.3. The summed E-state index contributed by atoms with van der Waals surface area (Å²) in [6.07, 6.45) is 3.60. The van der Waals surface area contributed by atoms with Crippen molar-refractivity contribution < 1.29 is 9.59 Å². The zero-order valence-electron chi connectivity index (χ0n) is 19.1. The van der Waals surface area contributed by atoms with Gasteiger partial charge in [0.25, 0.3) is 5.91 Å². The van der Waals surface area contributed by atoms with Crippen molar-refractivity contribution in [1.29, 1.82) is 0 Å². The van der Waals surface area contributed by atoms with Crippen molar-refractivity contribution in [2.45, 2.75) is 60.4 Å². The molecule has 0 fully saturated rings. The van der Waals surface area contributed by atoms with Crippen LogP contribution in [0.3, 0.4) is 0 Å². The second-order valence-corrected chi connectivity index (χ2v) is 9.55. The molecule has 0 bridgehead atoms. The highest BCUT2D eigenvalue weighted by Gasteiger charge is 2.36. The topological polar surface area (TPSA) is 79.8 Å². The number of aromatic nitrogens is 3. The van der Waals surface area contributed by atoms with Gasteiger partial charge in [-0.15, -0.1) is 0 Å². The van der Waals surface area contributed by atoms with Crippen LogP contribution in [0.15, 0.2) is 30.5 Å². The highest BCUT2D eigenvalue weighted by molar-refractivity contribution is 6.02. The molecular formula is C25H30N4O2. The van der Waals surface area contributed by atoms with Gasteiger partial charge in [-0.1, -0.05) is 31.5 Å². The molecule has 0 radical (unpaired) electrons. The van der Waals surface area contributed by atoms with E-state index in [1.807, 2.05) is 24.7 Å². The number of rotatable bonds is 4. The largest absolute Gasteiger partial charge is 0.355 e. The molecule has 1 aliphatic carbocycles. The molecule has 31 heavy (non-hydrogen) atoms. The van der Waals surface area contributed by atoms with Crippen molar-refractivity contribution in [2.24, 2.45) is 5.41 Å². The lowest BCUT2D eigenvalue weighted by Crippen LogP contribution is -2.37. The number of H-pyrrole nitrogens is 1. The van der Waals surface area contributed by atoms with Gasteiger partial charge in [0, 0.05) is 18.2 Å². The van der Waals surface area contributed by atoms with Crippen molar-refractivity contribution in [3.05, 3.63) is 69.8 Å². The summed E-state index contributed by atoms with van der Waals surface area (Å²) in [6, 6.07) is 8.18. The second-order valence-electron chi connectivity index (χ2n) is 9.55. The van der Waals surface area contributed by atoms with E-state index < -0.39 is 0 Å². The molecule has 3 aromatic rings. The predicted molar refractivity (Wildman–Crippen MR) is 121 cm³/mol. The molecule has 2 aromatic heterocycles. The van der Waals surface area contributed by atoms with Gasteiger partial charge in [-0.05, 0) is 56.7 Å². The quantitative estimate of drug-likeness (QED) is 0.599. The highest BCUT2D eigenvalue weighted by atomic mass is 16.2. The van der Waals surface area contributed by atoms with E-state index in [4.69, 9.17) is 0 Å². The van der Waals surface area contributed by atoms with Gasteiger partial charge in [-0.2, -0.15) is 5.10 Å². The lowest BCUT2D eigenvalue weighted by molar-refractivity contribution is 0.0918. The van der Waals surface area contributed by atoms with Crippen LogP contribution in [0, 0.1) is 26.2 Å². The van der Waals surface area contributed by atoms with Gasteiger partial charge in [0.05, 0.1) is 34.9 Å². The minimum atomic E-state index is -0.157. The number of hydrogen-bond acceptors (Lipinski definition) is 3. The summed E-state index contributed by atoms with van der Waals surface area (Å²) in [5.41, 5.74) is 6.92. The van der Waals surface area contributed by atoms with Gasteiger partial charge in [-0.25, -0.2) is 4.68 Å². The van der Waals surface area contributed by atoms with E-state index in [0.717, 1.165) is 29.8 Å². The van der Waals surface area contributed by atoms with Gasteiger partial charge in [-0.3, -0.25) is 9.59 Å². The number of carbonyl (C=O) groups excluding carboxylic acids is 2. The number of nitrogens with one attached hydrogen (secondary N) is 2. The second kappa shape index (κ2) is 7.52. The Hall–Kier alpha value is -3.15. The first-order chi connectivity index (χ1) is 14.6. The van der Waals surface area contributed by atoms with Crippen LogP contribution in [-0.2, 0) is 6.42 Å². The minimum absolute atomic E-state index is 0.0141. The Morgan fingerprint density at radius 2 is 1.84 bits per heavy atom. The maximum atomic E-state index is 13.3. The van der Waals surface area contributed by atoms with Crippen LogP contribution in [0.1, 0.15) is 82.2 Å². The molecule has 4 rings (SSSR count). The lowest BCUT2D eigenvalue weighted by Gasteiger charge is -2.36. The Morgan fingerprint density at radius 3 is 2.45 bits per heavy atom. The number of Topliss-reactive ketones (excluding diaryl/α,β-unsaturated/α-hetero) is 1. The zero-order valence-corrected chi connectivity index (χ0v) is 19.1. The van der Waals surface area contributed by atoms with E-state index in [1.54, 1.807) is 0 Å². The molecule has 1 aromatic carbocycles. The summed E-state index contributed by atoms with van der Waals surface area (Å²) in [5, 5.41) is 7.90. The van der Waals surface area contributed by atoms with Gasteiger partial charge < -0.3 is 10.3 Å². The molecule has 2 heterocycles. The van der Waals surface area contributed by atoms with E-state index in [-0.39, 0.29) is 23.1 Å². The first kappa shape index (κ1) is 21.1. The Bertz CT molecular complexity index is 1170. The molecule has 0 saturated carbocycles. The molecule has 1 unspecified atom stereocenters. The molecule has 1 atom stereocenters. The number of ketones is 1. The smallest absolute Gasteiger partial charge is 0.253 e. The van der Waals surface area contributed by atoms with E-state index in [1.165, 1.54) is 12.5 Å². The summed E-state index contributed by atoms with van der Waals surface area (Å²) in [6.45, 7) is 11.7. The predicted octanol–water partition coefficient (Wildman–Crippen LogP) is 4.77. The van der Waals surface area contributed by atoms with Crippen LogP contribution in [0.4, 0.5) is 0 Å². The molecule has 1 amide bonds. The number of aryl methyl sites for hydroxylation is 2. The van der Waals surface area contributed by atoms with E-state index in [2.05, 4.69) is 60.4 Å². The molecule has 6 nitrogen and oxygen atoms in total. The Kier molecular flexibility index (Phi) is 5.12. The van der Waals surface area contributed by atoms with Crippen molar-refractivity contribution in [2.75, 3.05) is 0 Å². The Balaban J connectivity index is 1.69. The molecule has 0 aliphatic heterocycles. The summed E-state index contributed by atoms with van der Waals surface area (Å²) in [7, 11) is 0. The average molecular weight is 419 g/mol. The van der Waals surface area contributed by atoms with Crippen LogP contribution >= 0.6 is 0 Å². The number of aromatic amines is 1. The molecule has 1 aliphatic rings. The Morgan fingerprint density at radius 1 is 1.16 bits per heavy atom. The van der Waals surface area contributed by atoms with Crippen molar-refractivity contribution in [3.63, 3.8) is 0 Å². The van der Waals surface area contributed by atoms with E-state index in [0.29, 0.717) is 22.5 Å². The third-order valence-corrected chi connectivity index (χ3v) is 6.28. The number of amides is 1. The van der Waals surface area contributed by atoms with Gasteiger partial charge >= 0.3 is 0 Å². The average Bonchev–Trinajstić information content (AvgIpc) is 3.22. The van der Waals surface area contributed by atoms with E-state index in [9.17, 15) is 9.59 Å². The van der Waals surface area contributed by atoms with Crippen LogP contribution in [0.2, 0.25) is 0 Å². The zero-order chi connectivity index (χ0) is 22.5. The fourth-order valence-corrected chi connectivity index (χ4v) is 4.75. The molecular weight excluding hydrogens is 388 g/mol. The van der Waals surface area contributed by atoms with Gasteiger partial charge in [0.2, 0.25) is 0 Å². The van der Waals surface area contributed by atoms with Gasteiger partial charge in [0.1, 0.15) is 0 Å². The third kappa shape index (κ3) is 3.82. The number of fused-ring (bicyclic) bond motifs is 1. The molecule has 0 spiro atoms. The Labute approximate surface area is 183 Å². The molecule has 162 valence electrons. The molecule has 0 saturated heterocycles. The maximum Gasteiger partial charge on any atom is 0.253 e. The highest BCUT2D eigenvalue weighted by Crippen LogP contribution is 2.41. The summed E-state index contributed by atoms with van der Waals surface area (Å²) < 4.78 is 2.00. The molecule has 2 N–H and O–H groups in total.